The highest BCUT2D eigenvalue weighted by atomic mass is 16.7. The number of ether oxygens (including phenoxy) is 3. The van der Waals surface area contributed by atoms with Crippen molar-refractivity contribution in [2.24, 2.45) is 0 Å². The van der Waals surface area contributed by atoms with Crippen LogP contribution < -0.4 is 14.9 Å². The number of carbonyl (C=O) groups is 1. The number of hydrogen-bond acceptors (Lipinski definition) is 7. The third kappa shape index (κ3) is 2.97. The number of carbonyl (C=O) groups excluding carboxylic acids is 1. The average molecular weight is 368 g/mol. The van der Waals surface area contributed by atoms with E-state index in [0.717, 1.165) is 0 Å². The van der Waals surface area contributed by atoms with E-state index < -0.39 is 23.1 Å². The SMILES string of the molecule is COC(=O)C[C@@H](c1ccc2c(c1)OCO2)c1oc2ccccc2c(=O)c1O. The second kappa shape index (κ2) is 6.68. The Balaban J connectivity index is 1.89. The van der Waals surface area contributed by atoms with Gasteiger partial charge >= 0.3 is 5.97 Å². The molecule has 1 aliphatic heterocycles. The third-order valence-electron chi connectivity index (χ3n) is 4.51. The Hall–Kier alpha value is -3.48. The number of rotatable bonds is 4. The first-order valence-corrected chi connectivity index (χ1v) is 8.29. The van der Waals surface area contributed by atoms with E-state index in [-0.39, 0.29) is 24.4 Å². The Morgan fingerprint density at radius 1 is 1.19 bits per heavy atom. The lowest BCUT2D eigenvalue weighted by atomic mass is 9.91. The van der Waals surface area contributed by atoms with Crippen molar-refractivity contribution < 1.29 is 28.5 Å². The van der Waals surface area contributed by atoms with Crippen LogP contribution in [0.5, 0.6) is 17.2 Å². The van der Waals surface area contributed by atoms with Crippen molar-refractivity contribution in [2.75, 3.05) is 13.9 Å². The summed E-state index contributed by atoms with van der Waals surface area (Å²) in [6, 6.07) is 11.7. The lowest BCUT2D eigenvalue weighted by Gasteiger charge is -2.17. The third-order valence-corrected chi connectivity index (χ3v) is 4.51. The number of esters is 1. The van der Waals surface area contributed by atoms with E-state index in [1.54, 1.807) is 42.5 Å². The van der Waals surface area contributed by atoms with E-state index in [0.29, 0.717) is 22.6 Å². The number of aromatic hydroxyl groups is 1. The van der Waals surface area contributed by atoms with Crippen molar-refractivity contribution in [1.82, 2.24) is 0 Å². The molecular formula is C20H16O7. The molecule has 138 valence electrons. The summed E-state index contributed by atoms with van der Waals surface area (Å²) in [6.45, 7) is 0.108. The van der Waals surface area contributed by atoms with Gasteiger partial charge in [0.15, 0.2) is 17.3 Å². The molecule has 0 radical (unpaired) electrons. The zero-order valence-corrected chi connectivity index (χ0v) is 14.4. The predicted octanol–water partition coefficient (Wildman–Crippen LogP) is 2.92. The molecule has 1 aromatic heterocycles. The maximum absolute atomic E-state index is 12.6. The van der Waals surface area contributed by atoms with Crippen molar-refractivity contribution in [3.63, 3.8) is 0 Å². The molecule has 1 atom stereocenters. The molecule has 1 aliphatic rings. The number of benzene rings is 2. The van der Waals surface area contributed by atoms with Gasteiger partial charge in [0.05, 0.1) is 24.8 Å². The lowest BCUT2D eigenvalue weighted by Crippen LogP contribution is -2.13. The first kappa shape index (κ1) is 17.0. The standard InChI is InChI=1S/C20H16O7/c1-24-17(21)9-13(11-6-7-15-16(8-11)26-10-25-15)20-19(23)18(22)12-4-2-3-5-14(12)27-20/h2-8,13,23H,9-10H2,1H3/t13-/m0/s1. The van der Waals surface area contributed by atoms with Crippen molar-refractivity contribution in [2.45, 2.75) is 12.3 Å². The van der Waals surface area contributed by atoms with Crippen LogP contribution in [-0.2, 0) is 9.53 Å². The highest BCUT2D eigenvalue weighted by Gasteiger charge is 2.28. The van der Waals surface area contributed by atoms with Crippen LogP contribution in [0.1, 0.15) is 23.7 Å². The summed E-state index contributed by atoms with van der Waals surface area (Å²) in [4.78, 5) is 24.5. The van der Waals surface area contributed by atoms with Gasteiger partial charge in [-0.25, -0.2) is 0 Å². The van der Waals surface area contributed by atoms with Crippen LogP contribution in [-0.4, -0.2) is 25.0 Å². The van der Waals surface area contributed by atoms with E-state index in [4.69, 9.17) is 18.6 Å². The van der Waals surface area contributed by atoms with Crippen LogP contribution in [0, 0.1) is 0 Å². The van der Waals surface area contributed by atoms with Crippen LogP contribution in [0.25, 0.3) is 11.0 Å². The molecule has 27 heavy (non-hydrogen) atoms. The van der Waals surface area contributed by atoms with Gasteiger partial charge < -0.3 is 23.7 Å². The Kier molecular flexibility index (Phi) is 4.19. The summed E-state index contributed by atoms with van der Waals surface area (Å²) >= 11 is 0. The van der Waals surface area contributed by atoms with Gasteiger partial charge in [-0.3, -0.25) is 9.59 Å². The van der Waals surface area contributed by atoms with E-state index >= 15 is 0 Å². The molecule has 0 spiro atoms. The van der Waals surface area contributed by atoms with Crippen molar-refractivity contribution in [3.05, 3.63) is 64.0 Å². The van der Waals surface area contributed by atoms with Crippen molar-refractivity contribution >= 4 is 16.9 Å². The van der Waals surface area contributed by atoms with Crippen molar-refractivity contribution in [3.8, 4) is 17.2 Å². The molecule has 7 heteroatoms. The summed E-state index contributed by atoms with van der Waals surface area (Å²) in [7, 11) is 1.27. The Morgan fingerprint density at radius 2 is 1.96 bits per heavy atom. The molecular weight excluding hydrogens is 352 g/mol. The van der Waals surface area contributed by atoms with Gasteiger partial charge in [-0.2, -0.15) is 0 Å². The van der Waals surface area contributed by atoms with Crippen molar-refractivity contribution in [1.29, 1.82) is 0 Å². The number of hydrogen-bond donors (Lipinski definition) is 1. The van der Waals surface area contributed by atoms with E-state index in [1.807, 2.05) is 0 Å². The topological polar surface area (TPSA) is 95.2 Å². The minimum absolute atomic E-state index is 0.00275. The summed E-state index contributed by atoms with van der Waals surface area (Å²) in [5, 5.41) is 10.8. The van der Waals surface area contributed by atoms with Crippen LogP contribution in [0.15, 0.2) is 51.7 Å². The van der Waals surface area contributed by atoms with E-state index in [2.05, 4.69) is 0 Å². The van der Waals surface area contributed by atoms with Gasteiger partial charge in [-0.15, -0.1) is 0 Å². The number of fused-ring (bicyclic) bond motifs is 2. The van der Waals surface area contributed by atoms with Gasteiger partial charge in [0.1, 0.15) is 5.58 Å². The molecule has 0 aliphatic carbocycles. The van der Waals surface area contributed by atoms with Crippen LogP contribution >= 0.6 is 0 Å². The summed E-state index contributed by atoms with van der Waals surface area (Å²) in [5.41, 5.74) is 0.395. The molecule has 2 heterocycles. The minimum Gasteiger partial charge on any atom is -0.502 e. The second-order valence-corrected chi connectivity index (χ2v) is 6.09. The van der Waals surface area contributed by atoms with Gasteiger partial charge in [-0.1, -0.05) is 18.2 Å². The molecule has 0 bridgehead atoms. The molecule has 0 amide bonds. The first-order chi connectivity index (χ1) is 13.1. The maximum atomic E-state index is 12.6. The monoisotopic (exact) mass is 368 g/mol. The zero-order valence-electron chi connectivity index (χ0n) is 14.4. The number of para-hydroxylation sites is 1. The molecule has 7 nitrogen and oxygen atoms in total. The molecule has 0 saturated heterocycles. The highest BCUT2D eigenvalue weighted by Crippen LogP contribution is 2.40. The fourth-order valence-corrected chi connectivity index (χ4v) is 3.13. The maximum Gasteiger partial charge on any atom is 0.306 e. The van der Waals surface area contributed by atoms with E-state index in [1.165, 1.54) is 7.11 Å². The fraction of sp³-hybridized carbons (Fsp3) is 0.200. The van der Waals surface area contributed by atoms with Crippen LogP contribution in [0.2, 0.25) is 0 Å². The zero-order chi connectivity index (χ0) is 19.0. The summed E-state index contributed by atoms with van der Waals surface area (Å²) in [6.07, 6.45) is -0.120. The van der Waals surface area contributed by atoms with E-state index in [9.17, 15) is 14.7 Å². The molecule has 3 aromatic rings. The molecule has 1 N–H and O–H groups in total. The Bertz CT molecular complexity index is 1080. The Morgan fingerprint density at radius 3 is 2.78 bits per heavy atom. The van der Waals surface area contributed by atoms with Gasteiger partial charge in [-0.05, 0) is 29.8 Å². The molecule has 0 fully saturated rings. The molecule has 0 unspecified atom stereocenters. The minimum atomic E-state index is -0.732. The molecule has 0 saturated carbocycles. The van der Waals surface area contributed by atoms with Gasteiger partial charge in [0.2, 0.25) is 18.0 Å². The highest BCUT2D eigenvalue weighted by molar-refractivity contribution is 5.78. The largest absolute Gasteiger partial charge is 0.502 e. The average Bonchev–Trinajstić information content (AvgIpc) is 3.16. The number of methoxy groups -OCH3 is 1. The van der Waals surface area contributed by atoms with Crippen LogP contribution in [0.4, 0.5) is 0 Å². The van der Waals surface area contributed by atoms with Crippen LogP contribution in [0.3, 0.4) is 0 Å². The second-order valence-electron chi connectivity index (χ2n) is 6.09. The summed E-state index contributed by atoms with van der Waals surface area (Å²) in [5.74, 6) is -0.662. The molecule has 2 aromatic carbocycles. The lowest BCUT2D eigenvalue weighted by molar-refractivity contribution is -0.140. The fourth-order valence-electron chi connectivity index (χ4n) is 3.13. The predicted molar refractivity (Wildman–Crippen MR) is 95.2 cm³/mol. The quantitative estimate of drug-likeness (QED) is 0.708. The smallest absolute Gasteiger partial charge is 0.306 e. The van der Waals surface area contributed by atoms with Gasteiger partial charge in [0, 0.05) is 0 Å². The first-order valence-electron chi connectivity index (χ1n) is 8.29. The van der Waals surface area contributed by atoms with Gasteiger partial charge in [0.25, 0.3) is 0 Å². The molecule has 4 rings (SSSR count). The Labute approximate surface area is 153 Å². The summed E-state index contributed by atoms with van der Waals surface area (Å²) < 4.78 is 21.3. The normalized spacial score (nSPS) is 13.5.